The maximum atomic E-state index is 12.1. The van der Waals surface area contributed by atoms with Gasteiger partial charge in [0.25, 0.3) is 0 Å². The molecule has 0 aliphatic carbocycles. The zero-order chi connectivity index (χ0) is 12.8. The van der Waals surface area contributed by atoms with Gasteiger partial charge in [-0.25, -0.2) is 0 Å². The van der Waals surface area contributed by atoms with E-state index in [2.05, 4.69) is 5.32 Å². The molecule has 1 heterocycles. The molecule has 0 saturated carbocycles. The number of benzene rings is 1. The number of nitrogens with two attached hydrogens (primary N) is 1. The first-order chi connectivity index (χ1) is 8.83. The van der Waals surface area contributed by atoms with Crippen LogP contribution in [0.15, 0.2) is 24.3 Å². The van der Waals surface area contributed by atoms with Crippen LogP contribution < -0.4 is 15.8 Å². The van der Waals surface area contributed by atoms with E-state index in [1.54, 1.807) is 0 Å². The molecule has 1 amide bonds. The molecule has 0 saturated heterocycles. The van der Waals surface area contributed by atoms with Crippen molar-refractivity contribution in [2.45, 2.75) is 25.2 Å². The van der Waals surface area contributed by atoms with Crippen LogP contribution in [0.25, 0.3) is 0 Å². The largest absolute Gasteiger partial charge is 0.493 e. The molecule has 0 radical (unpaired) electrons. The Balaban J connectivity index is 0.00000180. The summed E-state index contributed by atoms with van der Waals surface area (Å²) in [5, 5.41) is 2.98. The van der Waals surface area contributed by atoms with Crippen molar-refractivity contribution in [3.05, 3.63) is 29.8 Å². The molecule has 1 aromatic rings. The number of para-hydroxylation sites is 1. The van der Waals surface area contributed by atoms with E-state index in [0.717, 1.165) is 30.6 Å². The number of nitrogens with one attached hydrogen (secondary N) is 1. The lowest BCUT2D eigenvalue weighted by Crippen LogP contribution is -2.33. The summed E-state index contributed by atoms with van der Waals surface area (Å²) in [6.45, 7) is 1.99. The fourth-order valence-electron chi connectivity index (χ4n) is 2.22. The first-order valence-corrected chi connectivity index (χ1v) is 6.52. The van der Waals surface area contributed by atoms with Crippen molar-refractivity contribution >= 4 is 18.3 Å². The first-order valence-electron chi connectivity index (χ1n) is 6.52. The Morgan fingerprint density at radius 2 is 2.16 bits per heavy atom. The van der Waals surface area contributed by atoms with Crippen molar-refractivity contribution in [1.82, 2.24) is 5.32 Å². The Labute approximate surface area is 120 Å². The number of hydrogen-bond acceptors (Lipinski definition) is 3. The lowest BCUT2D eigenvalue weighted by Gasteiger charge is -2.25. The van der Waals surface area contributed by atoms with Gasteiger partial charge in [-0.2, -0.15) is 0 Å². The number of halogens is 1. The van der Waals surface area contributed by atoms with Crippen LogP contribution in [0, 0.1) is 0 Å². The second kappa shape index (κ2) is 8.02. The van der Waals surface area contributed by atoms with Gasteiger partial charge in [-0.1, -0.05) is 18.2 Å². The molecule has 2 rings (SSSR count). The second-order valence-corrected chi connectivity index (χ2v) is 4.51. The lowest BCUT2D eigenvalue weighted by molar-refractivity contribution is -0.123. The Bertz CT molecular complexity index is 412. The minimum absolute atomic E-state index is 0. The quantitative estimate of drug-likeness (QED) is 0.811. The number of carbonyl (C=O) groups is 1. The maximum absolute atomic E-state index is 12.1. The van der Waals surface area contributed by atoms with Crippen LogP contribution >= 0.6 is 12.4 Å². The molecule has 5 heteroatoms. The molecule has 1 unspecified atom stereocenters. The van der Waals surface area contributed by atoms with E-state index in [1.165, 1.54) is 0 Å². The third-order valence-electron chi connectivity index (χ3n) is 3.21. The number of hydrogen-bond donors (Lipinski definition) is 2. The van der Waals surface area contributed by atoms with Crippen molar-refractivity contribution in [3.63, 3.8) is 0 Å². The molecule has 0 fully saturated rings. The van der Waals surface area contributed by atoms with Gasteiger partial charge in [0.05, 0.1) is 12.5 Å². The SMILES string of the molecule is Cl.NCCCCNC(=O)C1CCOc2ccccc21. The number of amides is 1. The molecule has 0 spiro atoms. The topological polar surface area (TPSA) is 64.3 Å². The summed E-state index contributed by atoms with van der Waals surface area (Å²) >= 11 is 0. The fraction of sp³-hybridized carbons (Fsp3) is 0.500. The van der Waals surface area contributed by atoms with Crippen LogP contribution in [-0.2, 0) is 4.79 Å². The molecular weight excluding hydrogens is 264 g/mol. The second-order valence-electron chi connectivity index (χ2n) is 4.51. The number of unbranched alkanes of at least 4 members (excludes halogenated alkanes) is 1. The third kappa shape index (κ3) is 4.11. The highest BCUT2D eigenvalue weighted by molar-refractivity contribution is 5.85. The van der Waals surface area contributed by atoms with Gasteiger partial charge in [-0.15, -0.1) is 12.4 Å². The molecule has 1 atom stereocenters. The molecule has 1 aliphatic rings. The van der Waals surface area contributed by atoms with Crippen LogP contribution in [0.3, 0.4) is 0 Å². The maximum Gasteiger partial charge on any atom is 0.227 e. The van der Waals surface area contributed by atoms with Crippen molar-refractivity contribution in [2.24, 2.45) is 5.73 Å². The number of fused-ring (bicyclic) bond motifs is 1. The highest BCUT2D eigenvalue weighted by atomic mass is 35.5. The first kappa shape index (κ1) is 15.8. The summed E-state index contributed by atoms with van der Waals surface area (Å²) in [5.74, 6) is 0.862. The van der Waals surface area contributed by atoms with Gasteiger partial charge in [0.2, 0.25) is 5.91 Å². The van der Waals surface area contributed by atoms with E-state index in [4.69, 9.17) is 10.5 Å². The van der Waals surface area contributed by atoms with E-state index in [1.807, 2.05) is 24.3 Å². The van der Waals surface area contributed by atoms with Crippen LogP contribution in [0.1, 0.15) is 30.7 Å². The lowest BCUT2D eigenvalue weighted by atomic mass is 9.92. The van der Waals surface area contributed by atoms with Gasteiger partial charge in [0, 0.05) is 12.1 Å². The fourth-order valence-corrected chi connectivity index (χ4v) is 2.22. The number of carbonyl (C=O) groups excluding carboxylic acids is 1. The Morgan fingerprint density at radius 1 is 1.37 bits per heavy atom. The van der Waals surface area contributed by atoms with Crippen molar-refractivity contribution in [1.29, 1.82) is 0 Å². The monoisotopic (exact) mass is 284 g/mol. The predicted molar refractivity (Wildman–Crippen MR) is 77.8 cm³/mol. The van der Waals surface area contributed by atoms with Gasteiger partial charge < -0.3 is 15.8 Å². The molecule has 19 heavy (non-hydrogen) atoms. The molecular formula is C14H21ClN2O2. The molecule has 3 N–H and O–H groups in total. The van der Waals surface area contributed by atoms with E-state index in [-0.39, 0.29) is 24.2 Å². The minimum atomic E-state index is -0.0761. The smallest absolute Gasteiger partial charge is 0.227 e. The average Bonchev–Trinajstić information content (AvgIpc) is 2.43. The van der Waals surface area contributed by atoms with Crippen molar-refractivity contribution in [2.75, 3.05) is 19.7 Å². The van der Waals surface area contributed by atoms with Crippen LogP contribution in [0.5, 0.6) is 5.75 Å². The number of rotatable bonds is 5. The van der Waals surface area contributed by atoms with Crippen molar-refractivity contribution < 1.29 is 9.53 Å². The molecule has 4 nitrogen and oxygen atoms in total. The zero-order valence-corrected chi connectivity index (χ0v) is 11.7. The Hall–Kier alpha value is -1.26. The van der Waals surface area contributed by atoms with Crippen LogP contribution in [0.4, 0.5) is 0 Å². The highest BCUT2D eigenvalue weighted by Crippen LogP contribution is 2.33. The van der Waals surface area contributed by atoms with E-state index >= 15 is 0 Å². The van der Waals surface area contributed by atoms with E-state index in [9.17, 15) is 4.79 Å². The molecule has 0 bridgehead atoms. The highest BCUT2D eigenvalue weighted by Gasteiger charge is 2.26. The standard InChI is InChI=1S/C14H20N2O2.ClH/c15-8-3-4-9-16-14(17)12-7-10-18-13-6-2-1-5-11(12)13;/h1-2,5-6,12H,3-4,7-10,15H2,(H,16,17);1H. The molecule has 0 aromatic heterocycles. The molecule has 1 aromatic carbocycles. The number of ether oxygens (including phenoxy) is 1. The minimum Gasteiger partial charge on any atom is -0.493 e. The predicted octanol–water partition coefficient (Wildman–Crippen LogP) is 1.83. The summed E-state index contributed by atoms with van der Waals surface area (Å²) in [4.78, 5) is 12.1. The summed E-state index contributed by atoms with van der Waals surface area (Å²) < 4.78 is 5.55. The Morgan fingerprint density at radius 3 is 2.95 bits per heavy atom. The third-order valence-corrected chi connectivity index (χ3v) is 3.21. The summed E-state index contributed by atoms with van der Waals surface area (Å²) in [5.41, 5.74) is 6.42. The summed E-state index contributed by atoms with van der Waals surface area (Å²) in [6.07, 6.45) is 2.64. The van der Waals surface area contributed by atoms with Crippen LogP contribution in [-0.4, -0.2) is 25.6 Å². The average molecular weight is 285 g/mol. The normalized spacial score (nSPS) is 16.8. The molecule has 106 valence electrons. The van der Waals surface area contributed by atoms with Gasteiger partial charge in [-0.05, 0) is 31.9 Å². The zero-order valence-electron chi connectivity index (χ0n) is 10.9. The van der Waals surface area contributed by atoms with E-state index in [0.29, 0.717) is 19.7 Å². The van der Waals surface area contributed by atoms with Gasteiger partial charge in [-0.3, -0.25) is 4.79 Å². The van der Waals surface area contributed by atoms with Gasteiger partial charge in [0.15, 0.2) is 0 Å². The van der Waals surface area contributed by atoms with E-state index < -0.39 is 0 Å². The van der Waals surface area contributed by atoms with Crippen LogP contribution in [0.2, 0.25) is 0 Å². The van der Waals surface area contributed by atoms with Gasteiger partial charge in [0.1, 0.15) is 5.75 Å². The Kier molecular flexibility index (Phi) is 6.67. The summed E-state index contributed by atoms with van der Waals surface area (Å²) in [6, 6.07) is 7.77. The van der Waals surface area contributed by atoms with Gasteiger partial charge >= 0.3 is 0 Å². The van der Waals surface area contributed by atoms with Crippen molar-refractivity contribution in [3.8, 4) is 5.75 Å². The summed E-state index contributed by atoms with van der Waals surface area (Å²) in [7, 11) is 0. The molecule has 1 aliphatic heterocycles.